The number of benzene rings is 1. The van der Waals surface area contributed by atoms with Gasteiger partial charge in [-0.05, 0) is 25.1 Å². The molecule has 1 aromatic heterocycles. The van der Waals surface area contributed by atoms with E-state index in [9.17, 15) is 10.1 Å². The van der Waals surface area contributed by atoms with Gasteiger partial charge in [0.2, 0.25) is 0 Å². The fourth-order valence-electron chi connectivity index (χ4n) is 3.86. The van der Waals surface area contributed by atoms with Crippen molar-refractivity contribution in [2.24, 2.45) is 0 Å². The van der Waals surface area contributed by atoms with Crippen LogP contribution in [0.4, 0.5) is 0 Å². The molecule has 0 aliphatic carbocycles. The number of carbonyl (C=O) groups excluding carboxylic acids is 1. The van der Waals surface area contributed by atoms with Crippen LogP contribution in [0.1, 0.15) is 35.8 Å². The maximum absolute atomic E-state index is 13.3. The van der Waals surface area contributed by atoms with Crippen molar-refractivity contribution >= 4 is 5.91 Å². The van der Waals surface area contributed by atoms with Gasteiger partial charge in [-0.1, -0.05) is 12.1 Å². The molecule has 28 heavy (non-hydrogen) atoms. The average Bonchev–Trinajstić information content (AvgIpc) is 3.36. The Labute approximate surface area is 164 Å². The number of nitrogens with zero attached hydrogens (tertiary/aromatic N) is 3. The Kier molecular flexibility index (Phi) is 5.07. The first kappa shape index (κ1) is 18.5. The lowest BCUT2D eigenvalue weighted by Gasteiger charge is -2.37. The summed E-state index contributed by atoms with van der Waals surface area (Å²) in [6.45, 7) is 4.69. The molecule has 0 radical (unpaired) electrons. The molecule has 7 nitrogen and oxygen atoms in total. The van der Waals surface area contributed by atoms with E-state index >= 15 is 0 Å². The Morgan fingerprint density at radius 1 is 1.21 bits per heavy atom. The number of nitriles is 1. The molecule has 2 saturated heterocycles. The first-order valence-corrected chi connectivity index (χ1v) is 9.58. The van der Waals surface area contributed by atoms with Crippen LogP contribution in [0.25, 0.3) is 5.69 Å². The van der Waals surface area contributed by atoms with Crippen LogP contribution >= 0.6 is 0 Å². The van der Waals surface area contributed by atoms with E-state index in [0.717, 1.165) is 5.69 Å². The van der Waals surface area contributed by atoms with Crippen LogP contribution in [0.5, 0.6) is 5.75 Å². The fraction of sp³-hybridized carbons (Fsp3) is 0.429. The van der Waals surface area contributed by atoms with Crippen molar-refractivity contribution in [1.29, 1.82) is 5.26 Å². The molecule has 0 saturated carbocycles. The number of aromatic nitrogens is 1. The van der Waals surface area contributed by atoms with Crippen LogP contribution in [0.3, 0.4) is 0 Å². The number of likely N-dealkylation sites (tertiary alicyclic amines) is 1. The van der Waals surface area contributed by atoms with E-state index in [1.54, 1.807) is 21.7 Å². The van der Waals surface area contributed by atoms with Crippen LogP contribution in [0, 0.1) is 11.3 Å². The van der Waals surface area contributed by atoms with Gasteiger partial charge in [0.25, 0.3) is 5.91 Å². The van der Waals surface area contributed by atoms with Crippen molar-refractivity contribution < 1.29 is 19.0 Å². The van der Waals surface area contributed by atoms with Gasteiger partial charge in [0.15, 0.2) is 5.79 Å². The zero-order chi connectivity index (χ0) is 19.6. The van der Waals surface area contributed by atoms with Crippen LogP contribution in [0.2, 0.25) is 0 Å². The third kappa shape index (κ3) is 3.26. The van der Waals surface area contributed by atoms with Crippen molar-refractivity contribution in [1.82, 2.24) is 9.47 Å². The van der Waals surface area contributed by atoms with E-state index in [-0.39, 0.29) is 5.91 Å². The molecule has 2 aliphatic rings. The largest absolute Gasteiger partial charge is 0.492 e. The number of amides is 1. The molecule has 7 heteroatoms. The molecule has 1 amide bonds. The molecule has 2 aromatic rings. The molecule has 0 unspecified atom stereocenters. The summed E-state index contributed by atoms with van der Waals surface area (Å²) in [5.74, 6) is -0.0384. The molecule has 0 bridgehead atoms. The third-order valence-corrected chi connectivity index (χ3v) is 5.26. The molecule has 3 heterocycles. The zero-order valence-electron chi connectivity index (χ0n) is 15.9. The van der Waals surface area contributed by atoms with Gasteiger partial charge < -0.3 is 23.7 Å². The van der Waals surface area contributed by atoms with Gasteiger partial charge in [0, 0.05) is 32.1 Å². The number of rotatable bonds is 4. The lowest BCUT2D eigenvalue weighted by Crippen LogP contribution is -2.47. The molecule has 1 aromatic carbocycles. The Morgan fingerprint density at radius 2 is 1.93 bits per heavy atom. The van der Waals surface area contributed by atoms with Crippen LogP contribution in [0.15, 0.2) is 36.5 Å². The Morgan fingerprint density at radius 3 is 2.61 bits per heavy atom. The van der Waals surface area contributed by atoms with Gasteiger partial charge in [0.05, 0.1) is 31.1 Å². The molecule has 2 fully saturated rings. The number of carbonyl (C=O) groups is 1. The van der Waals surface area contributed by atoms with E-state index in [0.29, 0.717) is 62.8 Å². The predicted molar refractivity (Wildman–Crippen MR) is 101 cm³/mol. The standard InChI is InChI=1S/C21H23N3O4/c1-2-26-18-6-4-3-5-17(18)24-10-7-16(15-22)19(24)20(25)23-11-8-21(9-12-23)27-13-14-28-21/h3-7,10H,2,8-9,11-14H2,1H3. The predicted octanol–water partition coefficient (Wildman–Crippen LogP) is 2.73. The molecule has 146 valence electrons. The lowest BCUT2D eigenvalue weighted by molar-refractivity contribution is -0.181. The summed E-state index contributed by atoms with van der Waals surface area (Å²) in [5.41, 5.74) is 1.45. The minimum absolute atomic E-state index is 0.166. The van der Waals surface area contributed by atoms with Gasteiger partial charge in [0.1, 0.15) is 17.5 Å². The van der Waals surface area contributed by atoms with Crippen molar-refractivity contribution in [2.45, 2.75) is 25.6 Å². The number of hydrogen-bond donors (Lipinski definition) is 0. The second-order valence-corrected chi connectivity index (χ2v) is 6.86. The van der Waals surface area contributed by atoms with E-state index in [1.807, 2.05) is 31.2 Å². The van der Waals surface area contributed by atoms with Gasteiger partial charge in [-0.15, -0.1) is 0 Å². The topological polar surface area (TPSA) is 76.7 Å². The molecular formula is C21H23N3O4. The summed E-state index contributed by atoms with van der Waals surface area (Å²) in [4.78, 5) is 15.1. The van der Waals surface area contributed by atoms with E-state index in [4.69, 9.17) is 14.2 Å². The molecule has 0 atom stereocenters. The zero-order valence-corrected chi connectivity index (χ0v) is 15.9. The first-order valence-electron chi connectivity index (χ1n) is 9.58. The molecule has 2 aliphatic heterocycles. The maximum Gasteiger partial charge on any atom is 0.272 e. The molecular weight excluding hydrogens is 358 g/mol. The molecule has 0 N–H and O–H groups in total. The summed E-state index contributed by atoms with van der Waals surface area (Å²) in [6, 6.07) is 11.3. The monoisotopic (exact) mass is 381 g/mol. The fourth-order valence-corrected chi connectivity index (χ4v) is 3.86. The first-order chi connectivity index (χ1) is 13.7. The quantitative estimate of drug-likeness (QED) is 0.814. The third-order valence-electron chi connectivity index (χ3n) is 5.26. The van der Waals surface area contributed by atoms with Crippen molar-refractivity contribution in [3.8, 4) is 17.5 Å². The normalized spacial score (nSPS) is 18.2. The van der Waals surface area contributed by atoms with Crippen molar-refractivity contribution in [3.63, 3.8) is 0 Å². The number of para-hydroxylation sites is 2. The van der Waals surface area contributed by atoms with Crippen LogP contribution in [-0.2, 0) is 9.47 Å². The summed E-state index contributed by atoms with van der Waals surface area (Å²) in [5, 5.41) is 9.56. The van der Waals surface area contributed by atoms with E-state index in [2.05, 4.69) is 6.07 Å². The summed E-state index contributed by atoms with van der Waals surface area (Å²) in [6.07, 6.45) is 3.02. The number of ether oxygens (including phenoxy) is 3. The summed E-state index contributed by atoms with van der Waals surface area (Å²) >= 11 is 0. The number of piperidine rings is 1. The number of hydrogen-bond acceptors (Lipinski definition) is 5. The minimum Gasteiger partial charge on any atom is -0.492 e. The Bertz CT molecular complexity index is 899. The van der Waals surface area contributed by atoms with Gasteiger partial charge in [-0.2, -0.15) is 5.26 Å². The minimum atomic E-state index is -0.543. The maximum atomic E-state index is 13.3. The Hall–Kier alpha value is -2.82. The van der Waals surface area contributed by atoms with Gasteiger partial charge in [-0.25, -0.2) is 0 Å². The van der Waals surface area contributed by atoms with Gasteiger partial charge >= 0.3 is 0 Å². The highest BCUT2D eigenvalue weighted by Gasteiger charge is 2.41. The van der Waals surface area contributed by atoms with Crippen LogP contribution in [-0.4, -0.2) is 54.1 Å². The average molecular weight is 381 g/mol. The van der Waals surface area contributed by atoms with E-state index < -0.39 is 5.79 Å². The second kappa shape index (κ2) is 7.66. The van der Waals surface area contributed by atoms with Crippen molar-refractivity contribution in [3.05, 3.63) is 47.8 Å². The SMILES string of the molecule is CCOc1ccccc1-n1ccc(C#N)c1C(=O)N1CCC2(CC1)OCCO2. The lowest BCUT2D eigenvalue weighted by atomic mass is 10.0. The smallest absolute Gasteiger partial charge is 0.272 e. The summed E-state index contributed by atoms with van der Waals surface area (Å²) in [7, 11) is 0. The summed E-state index contributed by atoms with van der Waals surface area (Å²) < 4.78 is 19.0. The van der Waals surface area contributed by atoms with Crippen LogP contribution < -0.4 is 4.74 Å². The molecule has 4 rings (SSSR count). The highest BCUT2D eigenvalue weighted by atomic mass is 16.7. The highest BCUT2D eigenvalue weighted by molar-refractivity contribution is 5.96. The van der Waals surface area contributed by atoms with E-state index in [1.165, 1.54) is 0 Å². The highest BCUT2D eigenvalue weighted by Crippen LogP contribution is 2.33. The molecule has 1 spiro atoms. The van der Waals surface area contributed by atoms with Crippen molar-refractivity contribution in [2.75, 3.05) is 32.9 Å². The second-order valence-electron chi connectivity index (χ2n) is 6.86. The van der Waals surface area contributed by atoms with Gasteiger partial charge in [-0.3, -0.25) is 4.79 Å². The Balaban J connectivity index is 1.64.